The fourth-order valence-electron chi connectivity index (χ4n) is 2.19. The largest absolute Gasteiger partial charge is 0.316 e. The summed E-state index contributed by atoms with van der Waals surface area (Å²) in [7, 11) is 0. The molecule has 1 aromatic carbocycles. The van der Waals surface area contributed by atoms with Crippen LogP contribution in [0, 0.1) is 12.8 Å². The molecule has 0 spiro atoms. The highest BCUT2D eigenvalue weighted by molar-refractivity contribution is 5.27. The maximum absolute atomic E-state index is 12.7. The Morgan fingerprint density at radius 3 is 3.00 bits per heavy atom. The van der Waals surface area contributed by atoms with Gasteiger partial charge in [0.1, 0.15) is 0 Å². The Labute approximate surface area is 84.3 Å². The second kappa shape index (κ2) is 4.09. The summed E-state index contributed by atoms with van der Waals surface area (Å²) in [5, 5.41) is 3.25. The van der Waals surface area contributed by atoms with Crippen molar-refractivity contribution in [1.29, 1.82) is 0 Å². The first-order valence-electron chi connectivity index (χ1n) is 5.14. The van der Waals surface area contributed by atoms with E-state index in [2.05, 4.69) is 36.5 Å². The molecule has 0 amide bonds. The molecule has 1 aliphatic heterocycles. The lowest BCUT2D eigenvalue weighted by Gasteiger charge is -2.16. The van der Waals surface area contributed by atoms with Gasteiger partial charge in [-0.3, -0.25) is 4.39 Å². The standard InChI is InChI=1S/C12H16FN/c1-9-3-2-4-10(5-9)12-8-14-7-11(12)6-13/h2-5,11-12,14H,6-8H2,1H3/t11-,12-/m0/s1. The summed E-state index contributed by atoms with van der Waals surface area (Å²) in [5.74, 6) is 0.525. The van der Waals surface area contributed by atoms with E-state index < -0.39 is 0 Å². The topological polar surface area (TPSA) is 12.0 Å². The number of rotatable bonds is 2. The van der Waals surface area contributed by atoms with Crippen LogP contribution in [-0.4, -0.2) is 19.8 Å². The molecule has 1 fully saturated rings. The Morgan fingerprint density at radius 1 is 1.43 bits per heavy atom. The molecule has 1 aliphatic rings. The second-order valence-electron chi connectivity index (χ2n) is 4.09. The Kier molecular flexibility index (Phi) is 2.82. The summed E-state index contributed by atoms with van der Waals surface area (Å²) >= 11 is 0. The summed E-state index contributed by atoms with van der Waals surface area (Å²) < 4.78 is 12.7. The predicted octanol–water partition coefficient (Wildman–Crippen LogP) is 2.27. The third kappa shape index (κ3) is 1.80. The molecule has 2 atom stereocenters. The minimum Gasteiger partial charge on any atom is -0.316 e. The maximum Gasteiger partial charge on any atom is 0.0941 e. The number of hydrogen-bond donors (Lipinski definition) is 1. The van der Waals surface area contributed by atoms with E-state index in [-0.39, 0.29) is 12.6 Å². The van der Waals surface area contributed by atoms with Gasteiger partial charge in [-0.25, -0.2) is 0 Å². The van der Waals surface area contributed by atoms with Crippen molar-refractivity contribution in [2.24, 2.45) is 5.92 Å². The zero-order valence-corrected chi connectivity index (χ0v) is 8.46. The van der Waals surface area contributed by atoms with Gasteiger partial charge >= 0.3 is 0 Å². The molecule has 0 bridgehead atoms. The molecular weight excluding hydrogens is 177 g/mol. The Morgan fingerprint density at radius 2 is 2.29 bits per heavy atom. The average Bonchev–Trinajstić information content (AvgIpc) is 2.65. The van der Waals surface area contributed by atoms with Crippen molar-refractivity contribution >= 4 is 0 Å². The first-order chi connectivity index (χ1) is 6.81. The van der Waals surface area contributed by atoms with Gasteiger partial charge in [-0.2, -0.15) is 0 Å². The number of nitrogens with one attached hydrogen (secondary N) is 1. The second-order valence-corrected chi connectivity index (χ2v) is 4.09. The zero-order valence-electron chi connectivity index (χ0n) is 8.46. The Bertz CT molecular complexity index is 311. The first kappa shape index (κ1) is 9.66. The summed E-state index contributed by atoms with van der Waals surface area (Å²) in [6.45, 7) is 3.59. The highest BCUT2D eigenvalue weighted by atomic mass is 19.1. The number of benzene rings is 1. The van der Waals surface area contributed by atoms with Crippen molar-refractivity contribution in [2.45, 2.75) is 12.8 Å². The quantitative estimate of drug-likeness (QED) is 0.759. The van der Waals surface area contributed by atoms with Gasteiger partial charge in [0.2, 0.25) is 0 Å². The highest BCUT2D eigenvalue weighted by Crippen LogP contribution is 2.28. The molecule has 1 heterocycles. The van der Waals surface area contributed by atoms with Crippen molar-refractivity contribution in [1.82, 2.24) is 5.32 Å². The van der Waals surface area contributed by atoms with Crippen LogP contribution in [0.4, 0.5) is 4.39 Å². The zero-order chi connectivity index (χ0) is 9.97. The minimum absolute atomic E-state index is 0.164. The summed E-state index contributed by atoms with van der Waals surface area (Å²) in [4.78, 5) is 0. The van der Waals surface area contributed by atoms with E-state index in [9.17, 15) is 4.39 Å². The van der Waals surface area contributed by atoms with Crippen LogP contribution in [0.2, 0.25) is 0 Å². The lowest BCUT2D eigenvalue weighted by Crippen LogP contribution is -2.12. The molecule has 2 heteroatoms. The van der Waals surface area contributed by atoms with Crippen molar-refractivity contribution in [3.8, 4) is 0 Å². The summed E-state index contributed by atoms with van der Waals surface area (Å²) in [6.07, 6.45) is 0. The van der Waals surface area contributed by atoms with Crippen LogP contribution in [0.5, 0.6) is 0 Å². The van der Waals surface area contributed by atoms with E-state index >= 15 is 0 Å². The predicted molar refractivity (Wildman–Crippen MR) is 56.3 cm³/mol. The van der Waals surface area contributed by atoms with Crippen LogP contribution < -0.4 is 5.32 Å². The SMILES string of the molecule is Cc1cccc([C@@H]2CNC[C@@H]2CF)c1. The van der Waals surface area contributed by atoms with Crippen LogP contribution >= 0.6 is 0 Å². The molecular formula is C12H16FN. The average molecular weight is 193 g/mol. The van der Waals surface area contributed by atoms with Crippen LogP contribution in [0.15, 0.2) is 24.3 Å². The van der Waals surface area contributed by atoms with Crippen LogP contribution in [0.25, 0.3) is 0 Å². The summed E-state index contributed by atoms with van der Waals surface area (Å²) in [6, 6.07) is 8.41. The van der Waals surface area contributed by atoms with Crippen LogP contribution in [0.3, 0.4) is 0 Å². The Hall–Kier alpha value is -0.890. The first-order valence-corrected chi connectivity index (χ1v) is 5.14. The molecule has 1 saturated heterocycles. The molecule has 0 aromatic heterocycles. The molecule has 0 saturated carbocycles. The van der Waals surface area contributed by atoms with Gasteiger partial charge in [0.05, 0.1) is 6.67 Å². The molecule has 1 nitrogen and oxygen atoms in total. The number of hydrogen-bond acceptors (Lipinski definition) is 1. The molecule has 1 N–H and O–H groups in total. The van der Waals surface area contributed by atoms with Crippen molar-refractivity contribution in [3.63, 3.8) is 0 Å². The van der Waals surface area contributed by atoms with Crippen LogP contribution in [-0.2, 0) is 0 Å². The van der Waals surface area contributed by atoms with Gasteiger partial charge in [-0.15, -0.1) is 0 Å². The summed E-state index contributed by atoms with van der Waals surface area (Å²) in [5.41, 5.74) is 2.53. The van der Waals surface area contributed by atoms with Gasteiger partial charge < -0.3 is 5.32 Å². The van der Waals surface area contributed by atoms with Gasteiger partial charge in [0.15, 0.2) is 0 Å². The molecule has 0 unspecified atom stereocenters. The van der Waals surface area contributed by atoms with Crippen molar-refractivity contribution < 1.29 is 4.39 Å². The van der Waals surface area contributed by atoms with E-state index in [1.165, 1.54) is 11.1 Å². The monoisotopic (exact) mass is 193 g/mol. The lowest BCUT2D eigenvalue weighted by atomic mass is 9.89. The van der Waals surface area contributed by atoms with Gasteiger partial charge in [0.25, 0.3) is 0 Å². The Balaban J connectivity index is 2.21. The van der Waals surface area contributed by atoms with Crippen LogP contribution in [0.1, 0.15) is 17.0 Å². The third-order valence-corrected chi connectivity index (χ3v) is 3.01. The third-order valence-electron chi connectivity index (χ3n) is 3.01. The lowest BCUT2D eigenvalue weighted by molar-refractivity contribution is 0.358. The van der Waals surface area contributed by atoms with Gasteiger partial charge in [-0.1, -0.05) is 29.8 Å². The van der Waals surface area contributed by atoms with E-state index in [1.807, 2.05) is 0 Å². The molecule has 2 rings (SSSR count). The number of aryl methyl sites for hydroxylation is 1. The maximum atomic E-state index is 12.7. The molecule has 0 radical (unpaired) electrons. The molecule has 76 valence electrons. The number of halogens is 1. The molecule has 0 aliphatic carbocycles. The van der Waals surface area contributed by atoms with E-state index in [4.69, 9.17) is 0 Å². The highest BCUT2D eigenvalue weighted by Gasteiger charge is 2.27. The number of alkyl halides is 1. The molecule has 14 heavy (non-hydrogen) atoms. The van der Waals surface area contributed by atoms with Gasteiger partial charge in [-0.05, 0) is 12.5 Å². The smallest absolute Gasteiger partial charge is 0.0941 e. The normalized spacial score (nSPS) is 26.7. The van der Waals surface area contributed by atoms with E-state index in [1.54, 1.807) is 0 Å². The van der Waals surface area contributed by atoms with Gasteiger partial charge in [0, 0.05) is 24.9 Å². The molecule has 1 aromatic rings. The fraction of sp³-hybridized carbons (Fsp3) is 0.500. The van der Waals surface area contributed by atoms with Crippen molar-refractivity contribution in [2.75, 3.05) is 19.8 Å². The minimum atomic E-state index is -0.217. The fourth-order valence-corrected chi connectivity index (χ4v) is 2.19. The van der Waals surface area contributed by atoms with Crippen molar-refractivity contribution in [3.05, 3.63) is 35.4 Å². The van der Waals surface area contributed by atoms with E-state index in [0.717, 1.165) is 13.1 Å². The van der Waals surface area contributed by atoms with E-state index in [0.29, 0.717) is 5.92 Å².